The van der Waals surface area contributed by atoms with Crippen molar-refractivity contribution in [1.29, 1.82) is 0 Å². The van der Waals surface area contributed by atoms with Gasteiger partial charge in [-0.15, -0.1) is 0 Å². The maximum absolute atomic E-state index is 11.9. The van der Waals surface area contributed by atoms with Crippen molar-refractivity contribution in [2.45, 2.75) is 13.3 Å². The molecule has 0 aliphatic rings. The largest absolute Gasteiger partial charge is 0.497 e. The summed E-state index contributed by atoms with van der Waals surface area (Å²) in [5.74, 6) is 0.377. The number of benzene rings is 1. The Hall–Kier alpha value is -2.30. The van der Waals surface area contributed by atoms with Crippen LogP contribution in [0.5, 0.6) is 5.75 Å². The lowest BCUT2D eigenvalue weighted by Crippen LogP contribution is -2.27. The standard InChI is InChI=1S/C14H16N2O3/c1-3-6-15-14(18)12-8-9-7-10(19-2)4-5-11(9)13(17)16-12/h4-5,7-8H,3,6H2,1-2H3,(H,15,18)(H,16,17). The van der Waals surface area contributed by atoms with E-state index in [1.54, 1.807) is 31.4 Å². The number of carbonyl (C=O) groups is 1. The Kier molecular flexibility index (Phi) is 3.85. The first-order valence-electron chi connectivity index (χ1n) is 6.15. The first kappa shape index (κ1) is 13.1. The van der Waals surface area contributed by atoms with Crippen LogP contribution in [-0.4, -0.2) is 24.5 Å². The van der Waals surface area contributed by atoms with Gasteiger partial charge in [-0.1, -0.05) is 6.92 Å². The lowest BCUT2D eigenvalue weighted by atomic mass is 10.1. The maximum atomic E-state index is 11.9. The summed E-state index contributed by atoms with van der Waals surface area (Å²) in [6.07, 6.45) is 0.845. The zero-order valence-corrected chi connectivity index (χ0v) is 10.9. The molecule has 1 heterocycles. The molecule has 0 spiro atoms. The third-order valence-corrected chi connectivity index (χ3v) is 2.83. The van der Waals surface area contributed by atoms with Crippen LogP contribution in [0.2, 0.25) is 0 Å². The number of nitrogens with one attached hydrogen (secondary N) is 2. The number of hydrogen-bond donors (Lipinski definition) is 2. The molecule has 0 unspecified atom stereocenters. The van der Waals surface area contributed by atoms with Gasteiger partial charge in [-0.05, 0) is 36.1 Å². The predicted octanol–water partition coefficient (Wildman–Crippen LogP) is 1.68. The highest BCUT2D eigenvalue weighted by Crippen LogP contribution is 2.18. The quantitative estimate of drug-likeness (QED) is 0.878. The smallest absolute Gasteiger partial charge is 0.267 e. The summed E-state index contributed by atoms with van der Waals surface area (Å²) < 4.78 is 5.11. The van der Waals surface area contributed by atoms with E-state index in [-0.39, 0.29) is 17.2 Å². The van der Waals surface area contributed by atoms with Crippen LogP contribution in [0.25, 0.3) is 10.8 Å². The maximum Gasteiger partial charge on any atom is 0.267 e. The fourth-order valence-electron chi connectivity index (χ4n) is 1.83. The molecule has 0 aliphatic carbocycles. The first-order chi connectivity index (χ1) is 9.15. The Morgan fingerprint density at radius 1 is 1.37 bits per heavy atom. The van der Waals surface area contributed by atoms with Crippen LogP contribution in [-0.2, 0) is 0 Å². The Bertz CT molecular complexity index is 661. The Morgan fingerprint density at radius 2 is 2.16 bits per heavy atom. The Labute approximate surface area is 110 Å². The minimum atomic E-state index is -0.276. The van der Waals surface area contributed by atoms with E-state index in [9.17, 15) is 9.59 Å². The van der Waals surface area contributed by atoms with E-state index in [2.05, 4.69) is 10.3 Å². The Balaban J connectivity index is 2.47. The molecule has 0 bridgehead atoms. The van der Waals surface area contributed by atoms with Gasteiger partial charge in [0.1, 0.15) is 11.4 Å². The summed E-state index contributed by atoms with van der Waals surface area (Å²) in [4.78, 5) is 26.3. The first-order valence-corrected chi connectivity index (χ1v) is 6.15. The average molecular weight is 260 g/mol. The molecule has 2 aromatic rings. The molecule has 2 rings (SSSR count). The van der Waals surface area contributed by atoms with Crippen molar-refractivity contribution in [3.8, 4) is 5.75 Å². The molecule has 19 heavy (non-hydrogen) atoms. The number of amides is 1. The second kappa shape index (κ2) is 5.56. The van der Waals surface area contributed by atoms with Crippen molar-refractivity contribution in [2.24, 2.45) is 0 Å². The van der Waals surface area contributed by atoms with Crippen LogP contribution in [0.3, 0.4) is 0 Å². The highest BCUT2D eigenvalue weighted by molar-refractivity contribution is 5.96. The molecule has 1 aromatic carbocycles. The van der Waals surface area contributed by atoms with E-state index in [1.165, 1.54) is 0 Å². The minimum Gasteiger partial charge on any atom is -0.497 e. The van der Waals surface area contributed by atoms with Crippen LogP contribution in [0.4, 0.5) is 0 Å². The van der Waals surface area contributed by atoms with Crippen LogP contribution in [0, 0.1) is 0 Å². The average Bonchev–Trinajstić information content (AvgIpc) is 2.43. The molecule has 2 N–H and O–H groups in total. The molecule has 0 fully saturated rings. The van der Waals surface area contributed by atoms with Crippen molar-refractivity contribution in [3.05, 3.63) is 40.3 Å². The number of pyridine rings is 1. The van der Waals surface area contributed by atoms with E-state index in [0.29, 0.717) is 23.1 Å². The zero-order valence-electron chi connectivity index (χ0n) is 10.9. The van der Waals surface area contributed by atoms with Gasteiger partial charge in [-0.25, -0.2) is 0 Å². The van der Waals surface area contributed by atoms with Gasteiger partial charge in [0.25, 0.3) is 11.5 Å². The number of carbonyl (C=O) groups excluding carboxylic acids is 1. The Morgan fingerprint density at radius 3 is 2.84 bits per heavy atom. The van der Waals surface area contributed by atoms with Gasteiger partial charge in [0.15, 0.2) is 0 Å². The summed E-state index contributed by atoms with van der Waals surface area (Å²) in [5.41, 5.74) is -0.0130. The van der Waals surface area contributed by atoms with Gasteiger partial charge in [0, 0.05) is 11.9 Å². The molecule has 5 heteroatoms. The number of hydrogen-bond acceptors (Lipinski definition) is 3. The van der Waals surface area contributed by atoms with Gasteiger partial charge in [-0.3, -0.25) is 9.59 Å². The predicted molar refractivity (Wildman–Crippen MR) is 73.7 cm³/mol. The van der Waals surface area contributed by atoms with Crippen molar-refractivity contribution in [1.82, 2.24) is 10.3 Å². The lowest BCUT2D eigenvalue weighted by molar-refractivity contribution is 0.0948. The molecule has 0 saturated carbocycles. The molecule has 0 aliphatic heterocycles. The van der Waals surface area contributed by atoms with Crippen LogP contribution in [0.15, 0.2) is 29.1 Å². The lowest BCUT2D eigenvalue weighted by Gasteiger charge is -2.06. The van der Waals surface area contributed by atoms with Gasteiger partial charge < -0.3 is 15.0 Å². The molecular formula is C14H16N2O3. The molecule has 100 valence electrons. The van der Waals surface area contributed by atoms with Gasteiger partial charge in [0.2, 0.25) is 0 Å². The van der Waals surface area contributed by atoms with E-state index in [4.69, 9.17) is 4.74 Å². The van der Waals surface area contributed by atoms with Crippen LogP contribution < -0.4 is 15.6 Å². The molecule has 5 nitrogen and oxygen atoms in total. The number of fused-ring (bicyclic) bond motifs is 1. The second-order valence-electron chi connectivity index (χ2n) is 4.22. The van der Waals surface area contributed by atoms with Crippen LogP contribution >= 0.6 is 0 Å². The van der Waals surface area contributed by atoms with Gasteiger partial charge in [0.05, 0.1) is 7.11 Å². The van der Waals surface area contributed by atoms with Crippen molar-refractivity contribution in [2.75, 3.05) is 13.7 Å². The van der Waals surface area contributed by atoms with E-state index < -0.39 is 0 Å². The summed E-state index contributed by atoms with van der Waals surface area (Å²) in [5, 5.41) is 3.95. The number of aromatic nitrogens is 1. The van der Waals surface area contributed by atoms with E-state index >= 15 is 0 Å². The van der Waals surface area contributed by atoms with Crippen molar-refractivity contribution < 1.29 is 9.53 Å². The molecule has 0 radical (unpaired) electrons. The van der Waals surface area contributed by atoms with E-state index in [1.807, 2.05) is 6.92 Å². The topological polar surface area (TPSA) is 71.2 Å². The normalized spacial score (nSPS) is 10.4. The number of ether oxygens (including phenoxy) is 1. The molecule has 1 aromatic heterocycles. The van der Waals surface area contributed by atoms with Crippen molar-refractivity contribution in [3.63, 3.8) is 0 Å². The third kappa shape index (κ3) is 2.76. The summed E-state index contributed by atoms with van der Waals surface area (Å²) >= 11 is 0. The molecular weight excluding hydrogens is 244 g/mol. The highest BCUT2D eigenvalue weighted by atomic mass is 16.5. The third-order valence-electron chi connectivity index (χ3n) is 2.83. The SMILES string of the molecule is CCCNC(=O)c1cc2cc(OC)ccc2c(=O)[nH]1. The number of rotatable bonds is 4. The van der Waals surface area contributed by atoms with E-state index in [0.717, 1.165) is 6.42 Å². The van der Waals surface area contributed by atoms with Crippen molar-refractivity contribution >= 4 is 16.7 Å². The number of H-pyrrole nitrogens is 1. The summed E-state index contributed by atoms with van der Waals surface area (Å²) in [6, 6.07) is 6.79. The highest BCUT2D eigenvalue weighted by Gasteiger charge is 2.09. The monoisotopic (exact) mass is 260 g/mol. The number of methoxy groups -OCH3 is 1. The molecule has 0 atom stereocenters. The summed E-state index contributed by atoms with van der Waals surface area (Å²) in [6.45, 7) is 2.55. The molecule has 1 amide bonds. The minimum absolute atomic E-state index is 0.263. The fourth-order valence-corrected chi connectivity index (χ4v) is 1.83. The molecule has 0 saturated heterocycles. The van der Waals surface area contributed by atoms with Gasteiger partial charge >= 0.3 is 0 Å². The van der Waals surface area contributed by atoms with Crippen LogP contribution in [0.1, 0.15) is 23.8 Å². The summed E-state index contributed by atoms with van der Waals surface area (Å²) in [7, 11) is 1.56. The number of aromatic amines is 1. The van der Waals surface area contributed by atoms with Gasteiger partial charge in [-0.2, -0.15) is 0 Å². The second-order valence-corrected chi connectivity index (χ2v) is 4.22. The zero-order chi connectivity index (χ0) is 13.8. The fraction of sp³-hybridized carbons (Fsp3) is 0.286.